The van der Waals surface area contributed by atoms with E-state index in [1.165, 1.54) is 13.2 Å². The van der Waals surface area contributed by atoms with Gasteiger partial charge in [0.1, 0.15) is 18.2 Å². The van der Waals surface area contributed by atoms with Crippen LogP contribution in [0.3, 0.4) is 0 Å². The molecule has 178 valence electrons. The topological polar surface area (TPSA) is 71.4 Å². The van der Waals surface area contributed by atoms with E-state index < -0.39 is 5.91 Å². The van der Waals surface area contributed by atoms with Crippen LogP contribution in [0, 0.1) is 11.3 Å². The lowest BCUT2D eigenvalue weighted by atomic mass is 10.0. The van der Waals surface area contributed by atoms with Crippen molar-refractivity contribution < 1.29 is 14.3 Å². The third kappa shape index (κ3) is 7.13. The van der Waals surface area contributed by atoms with Crippen LogP contribution in [0.25, 0.3) is 6.08 Å². The van der Waals surface area contributed by atoms with E-state index in [2.05, 4.69) is 11.9 Å². The zero-order valence-corrected chi connectivity index (χ0v) is 20.7. The molecule has 0 spiro atoms. The largest absolute Gasteiger partial charge is 0.493 e. The molecule has 7 heteroatoms. The van der Waals surface area contributed by atoms with E-state index in [4.69, 9.17) is 32.7 Å². The molecule has 0 bridgehead atoms. The first kappa shape index (κ1) is 25.9. The summed E-state index contributed by atoms with van der Waals surface area (Å²) in [6.07, 6.45) is 3.75. The maximum absolute atomic E-state index is 12.6. The lowest BCUT2D eigenvalue weighted by molar-refractivity contribution is -0.117. The molecular formula is C28H24Cl2N2O3. The third-order valence-corrected chi connectivity index (χ3v) is 5.68. The summed E-state index contributed by atoms with van der Waals surface area (Å²) in [6, 6.07) is 20.2. The van der Waals surface area contributed by atoms with Gasteiger partial charge in [0.25, 0.3) is 5.91 Å². The van der Waals surface area contributed by atoms with E-state index in [-0.39, 0.29) is 12.2 Å². The highest BCUT2D eigenvalue weighted by Crippen LogP contribution is 2.35. The van der Waals surface area contributed by atoms with Crippen molar-refractivity contribution in [3.05, 3.63) is 111 Å². The van der Waals surface area contributed by atoms with Gasteiger partial charge in [-0.05, 0) is 47.9 Å². The van der Waals surface area contributed by atoms with Crippen molar-refractivity contribution in [2.75, 3.05) is 7.11 Å². The molecule has 0 saturated carbocycles. The summed E-state index contributed by atoms with van der Waals surface area (Å²) in [5.74, 6) is 0.531. The third-order valence-electron chi connectivity index (χ3n) is 5.10. The Morgan fingerprint density at radius 3 is 2.54 bits per heavy atom. The molecule has 0 aliphatic rings. The Morgan fingerprint density at radius 2 is 1.89 bits per heavy atom. The van der Waals surface area contributed by atoms with Crippen molar-refractivity contribution in [2.24, 2.45) is 0 Å². The SMILES string of the molecule is C=CCc1cc(/C=C(\C#N)C(=O)NCc2ccccc2)cc(OC)c1OCc1ccc(Cl)cc1Cl. The predicted octanol–water partition coefficient (Wildman–Crippen LogP) is 6.53. The Bertz CT molecular complexity index is 1280. The smallest absolute Gasteiger partial charge is 0.262 e. The number of carbonyl (C=O) groups excluding carboxylic acids is 1. The van der Waals surface area contributed by atoms with Crippen molar-refractivity contribution in [3.8, 4) is 17.6 Å². The van der Waals surface area contributed by atoms with Crippen LogP contribution in [-0.2, 0) is 24.4 Å². The van der Waals surface area contributed by atoms with E-state index >= 15 is 0 Å². The zero-order valence-electron chi connectivity index (χ0n) is 19.2. The predicted molar refractivity (Wildman–Crippen MR) is 140 cm³/mol. The summed E-state index contributed by atoms with van der Waals surface area (Å²) in [7, 11) is 1.53. The van der Waals surface area contributed by atoms with Crippen LogP contribution in [0.1, 0.15) is 22.3 Å². The average molecular weight is 507 g/mol. The van der Waals surface area contributed by atoms with Crippen molar-refractivity contribution >= 4 is 35.2 Å². The average Bonchev–Trinajstić information content (AvgIpc) is 2.86. The first-order valence-electron chi connectivity index (χ1n) is 10.8. The summed E-state index contributed by atoms with van der Waals surface area (Å²) in [4.78, 5) is 12.6. The quantitative estimate of drug-likeness (QED) is 0.192. The number of hydrogen-bond acceptors (Lipinski definition) is 4. The maximum atomic E-state index is 12.6. The number of carbonyl (C=O) groups is 1. The minimum absolute atomic E-state index is 0.0193. The molecule has 0 radical (unpaired) electrons. The molecule has 0 fully saturated rings. The molecule has 3 aromatic carbocycles. The normalized spacial score (nSPS) is 10.9. The number of amides is 1. The van der Waals surface area contributed by atoms with Gasteiger partial charge in [0.15, 0.2) is 11.5 Å². The number of methoxy groups -OCH3 is 1. The van der Waals surface area contributed by atoms with Crippen molar-refractivity contribution in [1.82, 2.24) is 5.32 Å². The lowest BCUT2D eigenvalue weighted by Gasteiger charge is -2.16. The second-order valence-electron chi connectivity index (χ2n) is 7.57. The minimum atomic E-state index is -0.460. The van der Waals surface area contributed by atoms with Gasteiger partial charge in [0.05, 0.1) is 7.11 Å². The summed E-state index contributed by atoms with van der Waals surface area (Å²) in [6.45, 7) is 4.35. The molecular weight excluding hydrogens is 483 g/mol. The number of ether oxygens (including phenoxy) is 2. The number of rotatable bonds is 10. The van der Waals surface area contributed by atoms with Gasteiger partial charge in [-0.25, -0.2) is 0 Å². The van der Waals surface area contributed by atoms with E-state index in [1.807, 2.05) is 42.5 Å². The summed E-state index contributed by atoms with van der Waals surface area (Å²) in [5, 5.41) is 13.4. The van der Waals surface area contributed by atoms with Gasteiger partial charge in [-0.3, -0.25) is 4.79 Å². The van der Waals surface area contributed by atoms with Crippen molar-refractivity contribution in [3.63, 3.8) is 0 Å². The second kappa shape index (κ2) is 12.7. The molecule has 5 nitrogen and oxygen atoms in total. The van der Waals surface area contributed by atoms with Gasteiger partial charge in [-0.2, -0.15) is 5.26 Å². The molecule has 0 aliphatic carbocycles. The molecule has 0 unspecified atom stereocenters. The molecule has 0 aliphatic heterocycles. The Morgan fingerprint density at radius 1 is 1.11 bits per heavy atom. The molecule has 0 atom stereocenters. The fraction of sp³-hybridized carbons (Fsp3) is 0.143. The van der Waals surface area contributed by atoms with Gasteiger partial charge in [0.2, 0.25) is 0 Å². The van der Waals surface area contributed by atoms with Gasteiger partial charge in [0, 0.05) is 27.7 Å². The number of benzene rings is 3. The minimum Gasteiger partial charge on any atom is -0.493 e. The molecule has 3 aromatic rings. The van der Waals surface area contributed by atoms with Gasteiger partial charge >= 0.3 is 0 Å². The molecule has 35 heavy (non-hydrogen) atoms. The van der Waals surface area contributed by atoms with Crippen molar-refractivity contribution in [1.29, 1.82) is 5.26 Å². The van der Waals surface area contributed by atoms with E-state index in [0.29, 0.717) is 40.1 Å². The van der Waals surface area contributed by atoms with Crippen molar-refractivity contribution in [2.45, 2.75) is 19.6 Å². The fourth-order valence-corrected chi connectivity index (χ4v) is 3.83. The van der Waals surface area contributed by atoms with E-state index in [0.717, 1.165) is 16.7 Å². The fourth-order valence-electron chi connectivity index (χ4n) is 3.37. The Hall–Kier alpha value is -3.72. The number of halogens is 2. The summed E-state index contributed by atoms with van der Waals surface area (Å²) >= 11 is 12.3. The monoisotopic (exact) mass is 506 g/mol. The summed E-state index contributed by atoms with van der Waals surface area (Å²) < 4.78 is 11.6. The van der Waals surface area contributed by atoms with Crippen LogP contribution in [-0.4, -0.2) is 13.0 Å². The Balaban J connectivity index is 1.85. The first-order chi connectivity index (χ1) is 16.9. The molecule has 0 heterocycles. The van der Waals surface area contributed by atoms with Crippen LogP contribution >= 0.6 is 23.2 Å². The molecule has 0 saturated heterocycles. The number of nitrogens with one attached hydrogen (secondary N) is 1. The number of nitrogens with zero attached hydrogens (tertiary/aromatic N) is 1. The zero-order chi connectivity index (χ0) is 25.2. The van der Waals surface area contributed by atoms with Crippen LogP contribution in [0.5, 0.6) is 11.5 Å². The van der Waals surface area contributed by atoms with Crippen LogP contribution in [0.2, 0.25) is 10.0 Å². The first-order valence-corrected chi connectivity index (χ1v) is 11.5. The van der Waals surface area contributed by atoms with Gasteiger partial charge in [-0.1, -0.05) is 65.7 Å². The maximum Gasteiger partial charge on any atom is 0.262 e. The number of nitriles is 1. The van der Waals surface area contributed by atoms with E-state index in [9.17, 15) is 10.1 Å². The highest BCUT2D eigenvalue weighted by molar-refractivity contribution is 6.35. The standard InChI is InChI=1S/C28H24Cl2N2O3/c1-3-7-21-12-20(13-23(16-31)28(33)32-17-19-8-5-4-6-9-19)14-26(34-2)27(21)35-18-22-10-11-24(29)15-25(22)30/h3-6,8-15H,1,7,17-18H2,2H3,(H,32,33)/b23-13+. The number of hydrogen-bond donors (Lipinski definition) is 1. The molecule has 3 rings (SSSR count). The van der Waals surface area contributed by atoms with Gasteiger partial charge < -0.3 is 14.8 Å². The highest BCUT2D eigenvalue weighted by Gasteiger charge is 2.15. The van der Waals surface area contributed by atoms with Crippen LogP contribution in [0.4, 0.5) is 0 Å². The second-order valence-corrected chi connectivity index (χ2v) is 8.41. The molecule has 1 N–H and O–H groups in total. The highest BCUT2D eigenvalue weighted by atomic mass is 35.5. The van der Waals surface area contributed by atoms with E-state index in [1.54, 1.807) is 30.3 Å². The lowest BCUT2D eigenvalue weighted by Crippen LogP contribution is -2.23. The molecule has 0 aromatic heterocycles. The Kier molecular flexibility index (Phi) is 9.37. The van der Waals surface area contributed by atoms with Crippen LogP contribution < -0.4 is 14.8 Å². The summed E-state index contributed by atoms with van der Waals surface area (Å²) in [5.41, 5.74) is 3.11. The number of allylic oxidation sites excluding steroid dienone is 1. The Labute approximate surface area is 215 Å². The van der Waals surface area contributed by atoms with Crippen LogP contribution in [0.15, 0.2) is 78.9 Å². The van der Waals surface area contributed by atoms with Gasteiger partial charge in [-0.15, -0.1) is 6.58 Å². The molecule has 1 amide bonds.